The first kappa shape index (κ1) is 13.8. The second-order valence-electron chi connectivity index (χ2n) is 4.24. The van der Waals surface area contributed by atoms with Gasteiger partial charge in [0.25, 0.3) is 14.2 Å². The Morgan fingerprint density at radius 1 is 1.16 bits per heavy atom. The van der Waals surface area contributed by atoms with Gasteiger partial charge in [0.1, 0.15) is 0 Å². The Labute approximate surface area is 116 Å². The smallest absolute Gasteiger partial charge is 0.296 e. The van der Waals surface area contributed by atoms with Gasteiger partial charge >= 0.3 is 0 Å². The fourth-order valence-electron chi connectivity index (χ4n) is 1.69. The Morgan fingerprint density at radius 2 is 1.74 bits per heavy atom. The molecule has 1 heterocycles. The van der Waals surface area contributed by atoms with Crippen molar-refractivity contribution < 1.29 is 8.42 Å². The molecule has 0 atom stereocenters. The van der Waals surface area contributed by atoms with Crippen LogP contribution >= 0.6 is 10.7 Å². The molecule has 0 unspecified atom stereocenters. The molecule has 0 fully saturated rings. The molecule has 0 amide bonds. The molecule has 19 heavy (non-hydrogen) atoms. The van der Waals surface area contributed by atoms with E-state index in [0.717, 1.165) is 11.3 Å². The Morgan fingerprint density at radius 3 is 2.16 bits per heavy atom. The van der Waals surface area contributed by atoms with E-state index in [0.29, 0.717) is 5.82 Å². The SMILES string of the molecule is CN(C)c1ccc(-c2nnc(S(=O)(=O)Cl)n2C)cc1. The molecular weight excluding hydrogens is 288 g/mol. The van der Waals surface area contributed by atoms with Crippen molar-refractivity contribution in [1.82, 2.24) is 14.8 Å². The maximum atomic E-state index is 11.3. The molecule has 0 aliphatic carbocycles. The number of hydrogen-bond donors (Lipinski definition) is 0. The Kier molecular flexibility index (Phi) is 3.51. The van der Waals surface area contributed by atoms with Crippen LogP contribution in [0.25, 0.3) is 11.4 Å². The lowest BCUT2D eigenvalue weighted by Crippen LogP contribution is -2.08. The Hall–Kier alpha value is -1.60. The summed E-state index contributed by atoms with van der Waals surface area (Å²) in [5, 5.41) is 7.20. The summed E-state index contributed by atoms with van der Waals surface area (Å²) in [6, 6.07) is 7.53. The van der Waals surface area contributed by atoms with E-state index in [1.807, 2.05) is 43.3 Å². The van der Waals surface area contributed by atoms with Crippen LogP contribution in [0, 0.1) is 0 Å². The van der Waals surface area contributed by atoms with E-state index < -0.39 is 9.05 Å². The zero-order chi connectivity index (χ0) is 14.2. The minimum Gasteiger partial charge on any atom is -0.378 e. The average Bonchev–Trinajstić information content (AvgIpc) is 2.71. The van der Waals surface area contributed by atoms with Crippen molar-refractivity contribution in [3.05, 3.63) is 24.3 Å². The fourth-order valence-corrected chi connectivity index (χ4v) is 2.64. The predicted molar refractivity (Wildman–Crippen MR) is 73.8 cm³/mol. The summed E-state index contributed by atoms with van der Waals surface area (Å²) < 4.78 is 23.9. The lowest BCUT2D eigenvalue weighted by Gasteiger charge is -2.12. The molecule has 1 aromatic carbocycles. The quantitative estimate of drug-likeness (QED) is 0.803. The molecule has 102 valence electrons. The summed E-state index contributed by atoms with van der Waals surface area (Å²) in [4.78, 5) is 1.97. The molecule has 8 heteroatoms. The van der Waals surface area contributed by atoms with Gasteiger partial charge in [-0.15, -0.1) is 10.2 Å². The van der Waals surface area contributed by atoms with Crippen LogP contribution in [0.2, 0.25) is 0 Å². The van der Waals surface area contributed by atoms with E-state index in [2.05, 4.69) is 10.2 Å². The number of hydrogen-bond acceptors (Lipinski definition) is 5. The number of halogens is 1. The number of rotatable bonds is 3. The molecule has 0 spiro atoms. The van der Waals surface area contributed by atoms with E-state index in [-0.39, 0.29) is 5.16 Å². The normalized spacial score (nSPS) is 11.6. The molecule has 2 aromatic rings. The number of anilines is 1. The van der Waals surface area contributed by atoms with E-state index in [4.69, 9.17) is 10.7 Å². The topological polar surface area (TPSA) is 68.1 Å². The first-order valence-electron chi connectivity index (χ1n) is 5.42. The van der Waals surface area contributed by atoms with Gasteiger partial charge in [-0.25, -0.2) is 8.42 Å². The minimum atomic E-state index is -3.89. The summed E-state index contributed by atoms with van der Waals surface area (Å²) in [5.41, 5.74) is 1.81. The van der Waals surface area contributed by atoms with Gasteiger partial charge in [-0.3, -0.25) is 4.57 Å². The summed E-state index contributed by atoms with van der Waals surface area (Å²) in [5.74, 6) is 0.449. The van der Waals surface area contributed by atoms with Crippen molar-refractivity contribution in [3.8, 4) is 11.4 Å². The van der Waals surface area contributed by atoms with E-state index in [1.54, 1.807) is 7.05 Å². The van der Waals surface area contributed by atoms with Gasteiger partial charge in [0.2, 0.25) is 0 Å². The van der Waals surface area contributed by atoms with Crippen LogP contribution in [-0.2, 0) is 16.1 Å². The Balaban J connectivity index is 2.46. The second-order valence-corrected chi connectivity index (χ2v) is 6.70. The highest BCUT2D eigenvalue weighted by Crippen LogP contribution is 2.23. The van der Waals surface area contributed by atoms with Gasteiger partial charge < -0.3 is 4.90 Å². The minimum absolute atomic E-state index is 0.263. The molecule has 0 N–H and O–H groups in total. The monoisotopic (exact) mass is 300 g/mol. The maximum Gasteiger partial charge on any atom is 0.296 e. The number of aromatic nitrogens is 3. The van der Waals surface area contributed by atoms with Gasteiger partial charge in [0.05, 0.1) is 0 Å². The zero-order valence-electron chi connectivity index (χ0n) is 10.7. The predicted octanol–water partition coefficient (Wildman–Crippen LogP) is 1.48. The van der Waals surface area contributed by atoms with E-state index >= 15 is 0 Å². The van der Waals surface area contributed by atoms with Crippen LogP contribution in [0.4, 0.5) is 5.69 Å². The highest BCUT2D eigenvalue weighted by Gasteiger charge is 2.20. The molecule has 2 rings (SSSR count). The van der Waals surface area contributed by atoms with Crippen LogP contribution in [0.3, 0.4) is 0 Å². The highest BCUT2D eigenvalue weighted by atomic mass is 35.7. The number of nitrogens with zero attached hydrogens (tertiary/aromatic N) is 4. The summed E-state index contributed by atoms with van der Waals surface area (Å²) in [6.07, 6.45) is 0. The largest absolute Gasteiger partial charge is 0.378 e. The summed E-state index contributed by atoms with van der Waals surface area (Å²) in [6.45, 7) is 0. The van der Waals surface area contributed by atoms with Gasteiger partial charge in [0, 0.05) is 43.1 Å². The Bertz CT molecular complexity index is 692. The lowest BCUT2D eigenvalue weighted by molar-refractivity contribution is 0.593. The van der Waals surface area contributed by atoms with Crippen molar-refractivity contribution in [2.45, 2.75) is 5.16 Å². The third-order valence-corrected chi connectivity index (χ3v) is 3.90. The summed E-state index contributed by atoms with van der Waals surface area (Å²) >= 11 is 0. The first-order chi connectivity index (χ1) is 8.80. The van der Waals surface area contributed by atoms with Crippen LogP contribution in [0.1, 0.15) is 0 Å². The third kappa shape index (κ3) is 2.71. The van der Waals surface area contributed by atoms with Gasteiger partial charge in [-0.1, -0.05) is 0 Å². The molecule has 0 radical (unpaired) electrons. The zero-order valence-corrected chi connectivity index (χ0v) is 12.3. The number of benzene rings is 1. The molecule has 6 nitrogen and oxygen atoms in total. The fraction of sp³-hybridized carbons (Fsp3) is 0.273. The second kappa shape index (κ2) is 4.82. The molecule has 0 bridgehead atoms. The highest BCUT2D eigenvalue weighted by molar-refractivity contribution is 8.13. The van der Waals surface area contributed by atoms with Crippen molar-refractivity contribution in [2.75, 3.05) is 19.0 Å². The molecular formula is C11H13ClN4O2S. The average molecular weight is 301 g/mol. The molecule has 0 aliphatic rings. The standard InChI is InChI=1S/C11H13ClN4O2S/c1-15(2)9-6-4-8(5-7-9)10-13-14-11(16(10)3)19(12,17)18/h4-7H,1-3H3. The maximum absolute atomic E-state index is 11.3. The van der Waals surface area contributed by atoms with Crippen molar-refractivity contribution in [2.24, 2.45) is 7.05 Å². The van der Waals surface area contributed by atoms with Crippen molar-refractivity contribution in [1.29, 1.82) is 0 Å². The molecule has 0 saturated heterocycles. The van der Waals surface area contributed by atoms with Crippen molar-refractivity contribution >= 4 is 25.4 Å². The van der Waals surface area contributed by atoms with Gasteiger partial charge in [0.15, 0.2) is 5.82 Å². The lowest BCUT2D eigenvalue weighted by atomic mass is 10.2. The molecule has 0 aliphatic heterocycles. The van der Waals surface area contributed by atoms with Crippen LogP contribution in [0.15, 0.2) is 29.4 Å². The first-order valence-corrected chi connectivity index (χ1v) is 7.73. The van der Waals surface area contributed by atoms with Gasteiger partial charge in [-0.2, -0.15) is 0 Å². The van der Waals surface area contributed by atoms with E-state index in [1.165, 1.54) is 4.57 Å². The van der Waals surface area contributed by atoms with Crippen LogP contribution in [-0.4, -0.2) is 37.3 Å². The van der Waals surface area contributed by atoms with Crippen LogP contribution < -0.4 is 4.90 Å². The van der Waals surface area contributed by atoms with Crippen LogP contribution in [0.5, 0.6) is 0 Å². The van der Waals surface area contributed by atoms with Gasteiger partial charge in [-0.05, 0) is 24.3 Å². The van der Waals surface area contributed by atoms with Crippen molar-refractivity contribution in [3.63, 3.8) is 0 Å². The molecule has 1 aromatic heterocycles. The molecule has 0 saturated carbocycles. The van der Waals surface area contributed by atoms with E-state index in [9.17, 15) is 8.42 Å². The summed E-state index contributed by atoms with van der Waals surface area (Å²) in [7, 11) is 6.82. The third-order valence-electron chi connectivity index (χ3n) is 2.69.